The number of benzene rings is 1. The molecule has 0 fully saturated rings. The number of ether oxygens (including phenoxy) is 1. The fraction of sp³-hybridized carbons (Fsp3) is 0.214. The molecule has 0 aliphatic carbocycles. The molecule has 0 heterocycles. The van der Waals surface area contributed by atoms with Gasteiger partial charge in [-0.25, -0.2) is 13.6 Å². The number of ketones is 1. The molecule has 0 radical (unpaired) electrons. The highest BCUT2D eigenvalue weighted by atomic mass is 19.1. The van der Waals surface area contributed by atoms with Crippen molar-refractivity contribution in [2.45, 2.75) is 13.3 Å². The van der Waals surface area contributed by atoms with Gasteiger partial charge in [0.1, 0.15) is 23.0 Å². The Hall–Kier alpha value is -2.77. The third kappa shape index (κ3) is 4.11. The highest BCUT2D eigenvalue weighted by molar-refractivity contribution is 6.17. The number of nitrogens with two attached hydrogens (primary N) is 2. The van der Waals surface area contributed by atoms with Gasteiger partial charge in [-0.1, -0.05) is 6.92 Å². The molecular formula is C14H15F2N3O3. The van der Waals surface area contributed by atoms with Crippen LogP contribution in [0.1, 0.15) is 23.7 Å². The van der Waals surface area contributed by atoms with E-state index in [0.717, 1.165) is 12.1 Å². The van der Waals surface area contributed by atoms with Crippen LogP contribution in [0.4, 0.5) is 8.78 Å². The molecular weight excluding hydrogens is 296 g/mol. The minimum Gasteiger partial charge on any atom is -0.454 e. The van der Waals surface area contributed by atoms with Crippen molar-refractivity contribution in [3.63, 3.8) is 0 Å². The SMILES string of the molecule is CC/C(N)=C(/C(=N)N)C(=O)OCC(=O)c1cc(F)ccc1F. The molecule has 22 heavy (non-hydrogen) atoms. The molecule has 1 rings (SSSR count). The fourth-order valence-electron chi connectivity index (χ4n) is 1.58. The zero-order valence-corrected chi connectivity index (χ0v) is 11.8. The maximum atomic E-state index is 13.4. The van der Waals surface area contributed by atoms with E-state index in [2.05, 4.69) is 4.74 Å². The Bertz CT molecular complexity index is 657. The van der Waals surface area contributed by atoms with Gasteiger partial charge in [0.15, 0.2) is 6.61 Å². The molecule has 0 bridgehead atoms. The molecule has 118 valence electrons. The van der Waals surface area contributed by atoms with Crippen LogP contribution in [-0.2, 0) is 9.53 Å². The standard InChI is InChI=1S/C14H15F2N3O3/c1-2-10(17)12(13(18)19)14(21)22-6-11(20)8-5-7(15)3-4-9(8)16/h3-5H,2,6,17H2,1H3,(H3,18,19)/b12-10+. The van der Waals surface area contributed by atoms with Crippen molar-refractivity contribution in [2.75, 3.05) is 6.61 Å². The predicted molar refractivity (Wildman–Crippen MR) is 75.1 cm³/mol. The van der Waals surface area contributed by atoms with Crippen molar-refractivity contribution >= 4 is 17.6 Å². The van der Waals surface area contributed by atoms with E-state index in [0.29, 0.717) is 6.07 Å². The van der Waals surface area contributed by atoms with E-state index in [4.69, 9.17) is 16.9 Å². The van der Waals surface area contributed by atoms with Gasteiger partial charge in [-0.2, -0.15) is 0 Å². The van der Waals surface area contributed by atoms with Crippen molar-refractivity contribution < 1.29 is 23.1 Å². The first-order valence-electron chi connectivity index (χ1n) is 6.26. The van der Waals surface area contributed by atoms with Crippen LogP contribution in [0.2, 0.25) is 0 Å². The molecule has 8 heteroatoms. The molecule has 1 aromatic carbocycles. The average Bonchev–Trinajstić information content (AvgIpc) is 2.46. The molecule has 0 spiro atoms. The van der Waals surface area contributed by atoms with Gasteiger partial charge in [0.25, 0.3) is 0 Å². The molecule has 6 nitrogen and oxygen atoms in total. The van der Waals surface area contributed by atoms with Gasteiger partial charge in [0.05, 0.1) is 5.56 Å². The topological polar surface area (TPSA) is 119 Å². The number of Topliss-reactive ketones (excluding diaryl/α,β-unsaturated/α-hetero) is 1. The molecule has 5 N–H and O–H groups in total. The van der Waals surface area contributed by atoms with E-state index in [-0.39, 0.29) is 17.7 Å². The maximum absolute atomic E-state index is 13.4. The summed E-state index contributed by atoms with van der Waals surface area (Å²) in [4.78, 5) is 23.5. The van der Waals surface area contributed by atoms with Crippen molar-refractivity contribution in [1.29, 1.82) is 5.41 Å². The highest BCUT2D eigenvalue weighted by Crippen LogP contribution is 2.11. The predicted octanol–water partition coefficient (Wildman–Crippen LogP) is 1.25. The van der Waals surface area contributed by atoms with Crippen LogP contribution < -0.4 is 11.5 Å². The second kappa shape index (κ2) is 7.30. The van der Waals surface area contributed by atoms with E-state index in [1.54, 1.807) is 6.92 Å². The average molecular weight is 311 g/mol. The molecule has 0 amide bonds. The Morgan fingerprint density at radius 2 is 1.91 bits per heavy atom. The van der Waals surface area contributed by atoms with Gasteiger partial charge in [0, 0.05) is 5.70 Å². The Balaban J connectivity index is 2.85. The lowest BCUT2D eigenvalue weighted by Crippen LogP contribution is -2.27. The molecule has 0 aliphatic rings. The molecule has 0 saturated carbocycles. The smallest absolute Gasteiger partial charge is 0.344 e. The molecule has 0 aromatic heterocycles. The molecule has 0 saturated heterocycles. The number of carbonyl (C=O) groups is 2. The summed E-state index contributed by atoms with van der Waals surface area (Å²) in [5.41, 5.74) is 9.91. The number of hydrogen-bond donors (Lipinski definition) is 3. The molecule has 0 unspecified atom stereocenters. The van der Waals surface area contributed by atoms with Crippen LogP contribution in [0.5, 0.6) is 0 Å². The zero-order valence-electron chi connectivity index (χ0n) is 11.8. The summed E-state index contributed by atoms with van der Waals surface area (Å²) in [6.07, 6.45) is 0.247. The van der Waals surface area contributed by atoms with Gasteiger partial charge in [-0.15, -0.1) is 0 Å². The molecule has 1 aromatic rings. The van der Waals surface area contributed by atoms with E-state index >= 15 is 0 Å². The Labute approximate surface area is 125 Å². The summed E-state index contributed by atoms with van der Waals surface area (Å²) in [5.74, 6) is -4.33. The first-order chi connectivity index (χ1) is 10.3. The third-order valence-electron chi connectivity index (χ3n) is 2.74. The van der Waals surface area contributed by atoms with Crippen molar-refractivity contribution in [1.82, 2.24) is 0 Å². The number of amidine groups is 1. The van der Waals surface area contributed by atoms with Gasteiger partial charge in [0.2, 0.25) is 5.78 Å². The lowest BCUT2D eigenvalue weighted by atomic mass is 10.1. The Morgan fingerprint density at radius 3 is 2.45 bits per heavy atom. The summed E-state index contributed by atoms with van der Waals surface area (Å²) < 4.78 is 31.1. The first-order valence-corrected chi connectivity index (χ1v) is 6.26. The first kappa shape index (κ1) is 17.3. The van der Waals surface area contributed by atoms with Gasteiger partial charge < -0.3 is 16.2 Å². The normalized spacial score (nSPS) is 11.6. The van der Waals surface area contributed by atoms with Crippen LogP contribution in [0, 0.1) is 17.0 Å². The van der Waals surface area contributed by atoms with E-state index in [1.807, 2.05) is 0 Å². The molecule has 0 aliphatic heterocycles. The lowest BCUT2D eigenvalue weighted by Gasteiger charge is -2.09. The number of carbonyl (C=O) groups excluding carboxylic acids is 2. The number of halogens is 2. The summed E-state index contributed by atoms with van der Waals surface area (Å²) >= 11 is 0. The monoisotopic (exact) mass is 311 g/mol. The second-order valence-electron chi connectivity index (χ2n) is 4.29. The van der Waals surface area contributed by atoms with Crippen LogP contribution in [0.15, 0.2) is 29.5 Å². The lowest BCUT2D eigenvalue weighted by molar-refractivity contribution is -0.137. The summed E-state index contributed by atoms with van der Waals surface area (Å²) in [7, 11) is 0. The number of hydrogen-bond acceptors (Lipinski definition) is 5. The van der Waals surface area contributed by atoms with Crippen molar-refractivity contribution in [2.24, 2.45) is 11.5 Å². The van der Waals surface area contributed by atoms with E-state index in [9.17, 15) is 18.4 Å². The van der Waals surface area contributed by atoms with E-state index in [1.165, 1.54) is 0 Å². The van der Waals surface area contributed by atoms with Crippen LogP contribution in [0.25, 0.3) is 0 Å². The number of rotatable bonds is 6. The largest absolute Gasteiger partial charge is 0.454 e. The van der Waals surface area contributed by atoms with Gasteiger partial charge in [-0.05, 0) is 24.6 Å². The summed E-state index contributed by atoms with van der Waals surface area (Å²) in [6.45, 7) is 0.811. The van der Waals surface area contributed by atoms with Gasteiger partial charge in [-0.3, -0.25) is 10.2 Å². The zero-order chi connectivity index (χ0) is 16.9. The number of esters is 1. The minimum absolute atomic E-state index is 0.0295. The molecule has 0 atom stereocenters. The van der Waals surface area contributed by atoms with Crippen molar-refractivity contribution in [3.05, 3.63) is 46.7 Å². The Morgan fingerprint density at radius 1 is 1.27 bits per heavy atom. The summed E-state index contributed by atoms with van der Waals surface area (Å²) in [6, 6.07) is 2.35. The fourth-order valence-corrected chi connectivity index (χ4v) is 1.58. The quantitative estimate of drug-likeness (QED) is 0.240. The van der Waals surface area contributed by atoms with E-state index < -0.39 is 41.4 Å². The third-order valence-corrected chi connectivity index (χ3v) is 2.74. The maximum Gasteiger partial charge on any atom is 0.344 e. The van der Waals surface area contributed by atoms with Crippen LogP contribution in [-0.4, -0.2) is 24.2 Å². The summed E-state index contributed by atoms with van der Waals surface area (Å²) in [5, 5.41) is 7.27. The van der Waals surface area contributed by atoms with Gasteiger partial charge >= 0.3 is 5.97 Å². The Kier molecular flexibility index (Phi) is 5.73. The highest BCUT2D eigenvalue weighted by Gasteiger charge is 2.20. The second-order valence-corrected chi connectivity index (χ2v) is 4.29. The van der Waals surface area contributed by atoms with Crippen LogP contribution in [0.3, 0.4) is 0 Å². The van der Waals surface area contributed by atoms with Crippen molar-refractivity contribution in [3.8, 4) is 0 Å². The van der Waals surface area contributed by atoms with Crippen LogP contribution >= 0.6 is 0 Å². The minimum atomic E-state index is -1.07. The number of allylic oxidation sites excluding steroid dienone is 1. The number of nitrogens with one attached hydrogen (secondary N) is 1.